The second-order valence-corrected chi connectivity index (χ2v) is 13.1. The zero-order chi connectivity index (χ0) is 24.5. The maximum absolute atomic E-state index is 12.3. The Bertz CT molecular complexity index is 1240. The first kappa shape index (κ1) is 21.9. The van der Waals surface area contributed by atoms with Crippen LogP contribution in [-0.2, 0) is 22.2 Å². The van der Waals surface area contributed by atoms with Crippen LogP contribution in [0, 0.1) is 29.1 Å². The fraction of sp³-hybridized carbons (Fsp3) is 0.645. The Morgan fingerprint density at radius 2 is 2.00 bits per heavy atom. The summed E-state index contributed by atoms with van der Waals surface area (Å²) < 4.78 is 13.5. The first-order valence-electron chi connectivity index (χ1n) is 14.1. The topological polar surface area (TPSA) is 71.8 Å². The summed E-state index contributed by atoms with van der Waals surface area (Å²) in [5, 5.41) is 23.3. The van der Waals surface area contributed by atoms with Crippen molar-refractivity contribution in [1.82, 2.24) is 4.98 Å². The highest BCUT2D eigenvalue weighted by molar-refractivity contribution is 5.63. The maximum atomic E-state index is 12.3. The third-order valence-electron chi connectivity index (χ3n) is 12.0. The number of nitrogens with zero attached hydrogens (tertiary/aromatic N) is 1. The van der Waals surface area contributed by atoms with Crippen molar-refractivity contribution in [3.05, 3.63) is 53.3 Å². The van der Waals surface area contributed by atoms with Gasteiger partial charge in [0.1, 0.15) is 17.3 Å². The maximum Gasteiger partial charge on any atom is 0.165 e. The zero-order valence-electron chi connectivity index (χ0n) is 21.4. The quantitative estimate of drug-likeness (QED) is 0.602. The highest BCUT2D eigenvalue weighted by Gasteiger charge is 2.82. The SMILES string of the molecule is CO[C@]12CC[C@@]3(C[C@@H]1[C@@](C)(O)c1ccccn1)[C@H]1Cc4ccc(O)c5c4[C@@]3(CCC1CC1CC1)[C@H]2O5. The highest BCUT2D eigenvalue weighted by Crippen LogP contribution is 2.80. The molecule has 2 heterocycles. The van der Waals surface area contributed by atoms with Crippen LogP contribution in [0.15, 0.2) is 36.5 Å². The van der Waals surface area contributed by atoms with Gasteiger partial charge in [0.2, 0.25) is 0 Å². The third kappa shape index (κ3) is 2.35. The van der Waals surface area contributed by atoms with E-state index in [-0.39, 0.29) is 28.6 Å². The van der Waals surface area contributed by atoms with Crippen molar-refractivity contribution in [2.45, 2.75) is 87.4 Å². The smallest absolute Gasteiger partial charge is 0.165 e. The fourth-order valence-corrected chi connectivity index (χ4v) is 10.5. The molecule has 0 saturated heterocycles. The molecule has 4 bridgehead atoms. The van der Waals surface area contributed by atoms with E-state index in [1.54, 1.807) is 6.20 Å². The van der Waals surface area contributed by atoms with Crippen molar-refractivity contribution < 1.29 is 19.7 Å². The molecule has 5 saturated carbocycles. The molecule has 1 unspecified atom stereocenters. The molecule has 1 aromatic heterocycles. The molecule has 5 nitrogen and oxygen atoms in total. The molecule has 2 aromatic rings. The number of hydrogen-bond donors (Lipinski definition) is 2. The van der Waals surface area contributed by atoms with Gasteiger partial charge in [0.15, 0.2) is 11.5 Å². The molecule has 36 heavy (non-hydrogen) atoms. The van der Waals surface area contributed by atoms with Gasteiger partial charge in [0.25, 0.3) is 0 Å². The minimum atomic E-state index is -1.15. The summed E-state index contributed by atoms with van der Waals surface area (Å²) in [5.41, 5.74) is 1.48. The van der Waals surface area contributed by atoms with Crippen molar-refractivity contribution in [2.75, 3.05) is 7.11 Å². The minimum absolute atomic E-state index is 0.0469. The van der Waals surface area contributed by atoms with Crippen LogP contribution in [0.25, 0.3) is 0 Å². The van der Waals surface area contributed by atoms with Crippen LogP contribution < -0.4 is 4.74 Å². The van der Waals surface area contributed by atoms with Gasteiger partial charge in [-0.2, -0.15) is 0 Å². The van der Waals surface area contributed by atoms with E-state index in [0.717, 1.165) is 43.9 Å². The van der Waals surface area contributed by atoms with Gasteiger partial charge in [-0.25, -0.2) is 0 Å². The Balaban J connectivity index is 1.36. The Labute approximate surface area is 213 Å². The molecule has 1 aromatic carbocycles. The van der Waals surface area contributed by atoms with Gasteiger partial charge in [-0.15, -0.1) is 0 Å². The number of rotatable bonds is 5. The van der Waals surface area contributed by atoms with Gasteiger partial charge in [-0.05, 0) is 98.8 Å². The monoisotopic (exact) mass is 487 g/mol. The first-order valence-corrected chi connectivity index (χ1v) is 14.1. The van der Waals surface area contributed by atoms with Crippen LogP contribution in [0.1, 0.15) is 75.1 Å². The molecular weight excluding hydrogens is 450 g/mol. The Kier molecular flexibility index (Phi) is 4.17. The summed E-state index contributed by atoms with van der Waals surface area (Å²) in [6.45, 7) is 1.94. The third-order valence-corrected chi connectivity index (χ3v) is 12.0. The molecule has 7 aliphatic rings. The Morgan fingerprint density at radius 3 is 2.75 bits per heavy atom. The first-order chi connectivity index (χ1) is 17.4. The summed E-state index contributed by atoms with van der Waals surface area (Å²) in [6, 6.07) is 9.83. The lowest BCUT2D eigenvalue weighted by Crippen LogP contribution is -2.79. The van der Waals surface area contributed by atoms with Gasteiger partial charge in [-0.3, -0.25) is 4.98 Å². The molecule has 1 aliphatic heterocycles. The van der Waals surface area contributed by atoms with Gasteiger partial charge in [-0.1, -0.05) is 25.0 Å². The second kappa shape index (κ2) is 6.85. The molecule has 9 rings (SSSR count). The van der Waals surface area contributed by atoms with Crippen LogP contribution in [0.2, 0.25) is 0 Å². The molecular formula is C31H37NO4. The number of aliphatic hydroxyl groups is 1. The number of phenolic OH excluding ortho intramolecular Hbond substituents is 1. The second-order valence-electron chi connectivity index (χ2n) is 13.1. The van der Waals surface area contributed by atoms with Gasteiger partial charge >= 0.3 is 0 Å². The summed E-state index contributed by atoms with van der Waals surface area (Å²) in [5.74, 6) is 3.02. The van der Waals surface area contributed by atoms with Gasteiger partial charge < -0.3 is 19.7 Å². The predicted octanol–water partition coefficient (Wildman–Crippen LogP) is 5.26. The molecule has 0 amide bonds. The standard InChI is InChI=1S/C31H37NO4/c1-28(34,24-5-3-4-14-32-24)23-17-29-12-13-31(23,35-2)27-30(29)11-10-19(15-18-6-7-18)21(29)16-20-8-9-22(33)26(36-27)25(20)30/h3-5,8-9,14,18-19,21,23,27,33-34H,6-7,10-13,15-17H2,1-2H3/t19?,21-,23+,27+,28+,29+,30-,31+/m0/s1. The number of pyridine rings is 1. The Morgan fingerprint density at radius 1 is 1.14 bits per heavy atom. The predicted molar refractivity (Wildman–Crippen MR) is 135 cm³/mol. The van der Waals surface area contributed by atoms with Crippen LogP contribution in [0.4, 0.5) is 0 Å². The van der Waals surface area contributed by atoms with Crippen molar-refractivity contribution >= 4 is 0 Å². The number of phenols is 1. The van der Waals surface area contributed by atoms with Crippen LogP contribution >= 0.6 is 0 Å². The molecule has 2 spiro atoms. The number of methoxy groups -OCH3 is 1. The number of benzene rings is 1. The van der Waals surface area contributed by atoms with E-state index >= 15 is 0 Å². The normalized spacial score (nSPS) is 43.0. The number of aromatic hydroxyl groups is 1. The van der Waals surface area contributed by atoms with Gasteiger partial charge in [0, 0.05) is 30.2 Å². The minimum Gasteiger partial charge on any atom is -0.504 e. The van der Waals surface area contributed by atoms with Crippen molar-refractivity contribution in [3.63, 3.8) is 0 Å². The number of ether oxygens (including phenoxy) is 2. The zero-order valence-corrected chi connectivity index (χ0v) is 21.4. The largest absolute Gasteiger partial charge is 0.504 e. The van der Waals surface area contributed by atoms with E-state index in [2.05, 4.69) is 11.1 Å². The van der Waals surface area contributed by atoms with Crippen molar-refractivity contribution in [1.29, 1.82) is 0 Å². The molecule has 5 heteroatoms. The summed E-state index contributed by atoms with van der Waals surface area (Å²) in [6.07, 6.45) is 12.0. The molecule has 8 atom stereocenters. The lowest BCUT2D eigenvalue weighted by molar-refractivity contribution is -0.306. The van der Waals surface area contributed by atoms with Crippen molar-refractivity contribution in [2.24, 2.45) is 29.1 Å². The van der Waals surface area contributed by atoms with Crippen LogP contribution in [0.3, 0.4) is 0 Å². The molecule has 5 fully saturated rings. The van der Waals surface area contributed by atoms with Gasteiger partial charge in [0.05, 0.1) is 5.69 Å². The van der Waals surface area contributed by atoms with Crippen LogP contribution in [-0.4, -0.2) is 34.0 Å². The van der Waals surface area contributed by atoms with E-state index < -0.39 is 11.2 Å². The average Bonchev–Trinajstić information content (AvgIpc) is 3.64. The van der Waals surface area contributed by atoms with Crippen molar-refractivity contribution in [3.8, 4) is 11.5 Å². The highest BCUT2D eigenvalue weighted by atomic mass is 16.6. The molecule has 6 aliphatic carbocycles. The molecule has 190 valence electrons. The van der Waals surface area contributed by atoms with E-state index in [1.165, 1.54) is 36.8 Å². The molecule has 0 radical (unpaired) electrons. The van der Waals surface area contributed by atoms with E-state index in [9.17, 15) is 10.2 Å². The number of aromatic nitrogens is 1. The summed E-state index contributed by atoms with van der Waals surface area (Å²) in [4.78, 5) is 4.62. The summed E-state index contributed by atoms with van der Waals surface area (Å²) >= 11 is 0. The Hall–Kier alpha value is -2.11. The average molecular weight is 488 g/mol. The van der Waals surface area contributed by atoms with Crippen LogP contribution in [0.5, 0.6) is 11.5 Å². The van der Waals surface area contributed by atoms with E-state index in [1.807, 2.05) is 38.3 Å². The summed E-state index contributed by atoms with van der Waals surface area (Å²) in [7, 11) is 1.81. The molecule has 2 N–H and O–H groups in total. The lowest BCUT2D eigenvalue weighted by atomic mass is 9.30. The number of hydrogen-bond acceptors (Lipinski definition) is 5. The lowest BCUT2D eigenvalue weighted by Gasteiger charge is -2.74. The van der Waals surface area contributed by atoms with E-state index in [4.69, 9.17) is 9.47 Å². The number of fused-ring (bicyclic) bond motifs is 2. The fourth-order valence-electron chi connectivity index (χ4n) is 10.5. The van der Waals surface area contributed by atoms with E-state index in [0.29, 0.717) is 17.4 Å².